The van der Waals surface area contributed by atoms with E-state index >= 15 is 0 Å². The van der Waals surface area contributed by atoms with Crippen LogP contribution in [-0.2, 0) is 11.3 Å². The van der Waals surface area contributed by atoms with Crippen LogP contribution in [0.1, 0.15) is 20.8 Å². The summed E-state index contributed by atoms with van der Waals surface area (Å²) >= 11 is 1.08. The lowest BCUT2D eigenvalue weighted by Crippen LogP contribution is -2.11. The Balaban J connectivity index is 1.57. The standard InChI is InChI=1S/C25H21NO5S/c1-15-22(31-14-21(27)28)24(25(29)30)32-23(15)19-7-4-8-20(12-19)26-13-16-9-10-17-5-2-3-6-18(17)11-16/h2-12,26H,13-14H2,1H3,(H,27,28)(H,29,30). The number of anilines is 1. The van der Waals surface area contributed by atoms with Crippen molar-refractivity contribution in [2.45, 2.75) is 13.5 Å². The zero-order valence-corrected chi connectivity index (χ0v) is 18.1. The molecule has 0 bridgehead atoms. The molecular weight excluding hydrogens is 426 g/mol. The maximum Gasteiger partial charge on any atom is 0.349 e. The van der Waals surface area contributed by atoms with E-state index < -0.39 is 18.5 Å². The van der Waals surface area contributed by atoms with Gasteiger partial charge in [-0.2, -0.15) is 0 Å². The van der Waals surface area contributed by atoms with Crippen LogP contribution in [0.5, 0.6) is 5.75 Å². The molecule has 0 aliphatic carbocycles. The van der Waals surface area contributed by atoms with Crippen molar-refractivity contribution < 1.29 is 24.5 Å². The molecule has 0 saturated carbocycles. The van der Waals surface area contributed by atoms with Crippen molar-refractivity contribution >= 4 is 39.7 Å². The number of rotatable bonds is 8. The topological polar surface area (TPSA) is 95.9 Å². The molecule has 0 unspecified atom stereocenters. The number of carboxylic acids is 2. The molecule has 0 aliphatic rings. The summed E-state index contributed by atoms with van der Waals surface area (Å²) in [5.41, 5.74) is 3.50. The first-order chi connectivity index (χ1) is 15.4. The molecule has 1 heterocycles. The maximum atomic E-state index is 11.7. The van der Waals surface area contributed by atoms with Gasteiger partial charge in [-0.15, -0.1) is 11.3 Å². The summed E-state index contributed by atoms with van der Waals surface area (Å²) in [6.07, 6.45) is 0. The quantitative estimate of drug-likeness (QED) is 0.323. The fourth-order valence-corrected chi connectivity index (χ4v) is 4.63. The molecule has 0 amide bonds. The maximum absolute atomic E-state index is 11.7. The van der Waals surface area contributed by atoms with Gasteiger partial charge in [0.15, 0.2) is 11.5 Å². The summed E-state index contributed by atoms with van der Waals surface area (Å²) < 4.78 is 5.28. The van der Waals surface area contributed by atoms with E-state index in [0.29, 0.717) is 12.1 Å². The summed E-state index contributed by atoms with van der Waals surface area (Å²) in [7, 11) is 0. The molecule has 7 heteroatoms. The van der Waals surface area contributed by atoms with E-state index in [1.807, 2.05) is 36.4 Å². The lowest BCUT2D eigenvalue weighted by atomic mass is 10.1. The minimum absolute atomic E-state index is 0.00623. The number of carbonyl (C=O) groups is 2. The average Bonchev–Trinajstić information content (AvgIpc) is 3.13. The SMILES string of the molecule is Cc1c(-c2cccc(NCc3ccc4ccccc4c3)c2)sc(C(=O)O)c1OCC(=O)O. The van der Waals surface area contributed by atoms with Crippen LogP contribution in [0.15, 0.2) is 66.7 Å². The number of aromatic carboxylic acids is 1. The van der Waals surface area contributed by atoms with Crippen LogP contribution in [0.25, 0.3) is 21.2 Å². The van der Waals surface area contributed by atoms with Gasteiger partial charge in [0.2, 0.25) is 0 Å². The van der Waals surface area contributed by atoms with Crippen molar-refractivity contribution in [1.29, 1.82) is 0 Å². The predicted molar refractivity (Wildman–Crippen MR) is 126 cm³/mol. The highest BCUT2D eigenvalue weighted by Crippen LogP contribution is 2.42. The smallest absolute Gasteiger partial charge is 0.349 e. The largest absolute Gasteiger partial charge is 0.480 e. The van der Waals surface area contributed by atoms with Gasteiger partial charge >= 0.3 is 11.9 Å². The number of hydrogen-bond donors (Lipinski definition) is 3. The third-order valence-electron chi connectivity index (χ3n) is 5.06. The van der Waals surface area contributed by atoms with Crippen molar-refractivity contribution in [2.24, 2.45) is 0 Å². The Kier molecular flexibility index (Phi) is 6.09. The lowest BCUT2D eigenvalue weighted by Gasteiger charge is -2.10. The Hall–Kier alpha value is -3.84. The molecule has 6 nitrogen and oxygen atoms in total. The van der Waals surface area contributed by atoms with E-state index in [-0.39, 0.29) is 10.6 Å². The number of aliphatic carboxylic acids is 1. The first-order valence-electron chi connectivity index (χ1n) is 9.95. The molecule has 3 aromatic carbocycles. The molecule has 0 saturated heterocycles. The van der Waals surface area contributed by atoms with Gasteiger partial charge in [-0.25, -0.2) is 9.59 Å². The van der Waals surface area contributed by atoms with E-state index in [4.69, 9.17) is 9.84 Å². The number of benzene rings is 3. The number of fused-ring (bicyclic) bond motifs is 1. The normalized spacial score (nSPS) is 10.8. The number of carboxylic acid groups (broad SMARTS) is 2. The summed E-state index contributed by atoms with van der Waals surface area (Å²) in [4.78, 5) is 23.3. The zero-order valence-electron chi connectivity index (χ0n) is 17.3. The third-order valence-corrected chi connectivity index (χ3v) is 6.37. The van der Waals surface area contributed by atoms with Crippen LogP contribution in [0.2, 0.25) is 0 Å². The Morgan fingerprint density at radius 3 is 2.50 bits per heavy atom. The van der Waals surface area contributed by atoms with Gasteiger partial charge in [0, 0.05) is 22.7 Å². The van der Waals surface area contributed by atoms with Gasteiger partial charge in [-0.05, 0) is 47.0 Å². The van der Waals surface area contributed by atoms with Crippen molar-refractivity contribution in [3.8, 4) is 16.2 Å². The minimum atomic E-state index is -1.16. The molecule has 0 aliphatic heterocycles. The molecule has 3 N–H and O–H groups in total. The van der Waals surface area contributed by atoms with Gasteiger partial charge in [-0.1, -0.05) is 48.5 Å². The van der Waals surface area contributed by atoms with Gasteiger partial charge in [0.05, 0.1) is 0 Å². The van der Waals surface area contributed by atoms with Crippen molar-refractivity contribution in [2.75, 3.05) is 11.9 Å². The molecule has 0 spiro atoms. The number of nitrogens with one attached hydrogen (secondary N) is 1. The first-order valence-corrected chi connectivity index (χ1v) is 10.8. The second-order valence-electron chi connectivity index (χ2n) is 7.32. The van der Waals surface area contributed by atoms with Crippen molar-refractivity contribution in [3.63, 3.8) is 0 Å². The Bertz CT molecular complexity index is 1310. The number of ether oxygens (including phenoxy) is 1. The van der Waals surface area contributed by atoms with E-state index in [1.54, 1.807) is 6.92 Å². The van der Waals surface area contributed by atoms with Crippen LogP contribution in [-0.4, -0.2) is 28.8 Å². The molecule has 0 fully saturated rings. The Labute approximate surface area is 188 Å². The highest BCUT2D eigenvalue weighted by atomic mass is 32.1. The van der Waals surface area contributed by atoms with Gasteiger partial charge < -0.3 is 20.3 Å². The molecule has 162 valence electrons. The average molecular weight is 448 g/mol. The van der Waals surface area contributed by atoms with E-state index in [9.17, 15) is 14.7 Å². The van der Waals surface area contributed by atoms with E-state index in [0.717, 1.165) is 33.0 Å². The summed E-state index contributed by atoms with van der Waals surface area (Å²) in [5.74, 6) is -2.20. The lowest BCUT2D eigenvalue weighted by molar-refractivity contribution is -0.139. The van der Waals surface area contributed by atoms with Crippen LogP contribution in [0.3, 0.4) is 0 Å². The molecule has 0 atom stereocenters. The second-order valence-corrected chi connectivity index (χ2v) is 8.34. The molecule has 0 radical (unpaired) electrons. The number of thiophene rings is 1. The van der Waals surface area contributed by atoms with Crippen molar-refractivity contribution in [1.82, 2.24) is 0 Å². The molecule has 1 aromatic heterocycles. The zero-order chi connectivity index (χ0) is 22.7. The van der Waals surface area contributed by atoms with Gasteiger partial charge in [0.25, 0.3) is 0 Å². The minimum Gasteiger partial charge on any atom is -0.480 e. The fraction of sp³-hybridized carbons (Fsp3) is 0.120. The first kappa shape index (κ1) is 21.4. The summed E-state index contributed by atoms with van der Waals surface area (Å²) in [6.45, 7) is 1.79. The van der Waals surface area contributed by atoms with Crippen molar-refractivity contribution in [3.05, 3.63) is 82.7 Å². The molecule has 4 aromatic rings. The fourth-order valence-electron chi connectivity index (χ4n) is 3.55. The van der Waals surface area contributed by atoms with Crippen LogP contribution >= 0.6 is 11.3 Å². The van der Waals surface area contributed by atoms with E-state index in [1.165, 1.54) is 10.8 Å². The van der Waals surface area contributed by atoms with E-state index in [2.05, 4.69) is 35.6 Å². The van der Waals surface area contributed by atoms with Crippen LogP contribution in [0, 0.1) is 6.92 Å². The predicted octanol–water partition coefficient (Wildman–Crippen LogP) is 5.65. The Morgan fingerprint density at radius 1 is 0.969 bits per heavy atom. The monoisotopic (exact) mass is 447 g/mol. The third kappa shape index (κ3) is 4.58. The molecular formula is C25H21NO5S. The highest BCUT2D eigenvalue weighted by Gasteiger charge is 2.23. The van der Waals surface area contributed by atoms with Gasteiger partial charge in [0.1, 0.15) is 5.75 Å². The second kappa shape index (κ2) is 9.11. The number of hydrogen-bond acceptors (Lipinski definition) is 5. The van der Waals surface area contributed by atoms with Gasteiger partial charge in [-0.3, -0.25) is 0 Å². The summed E-state index contributed by atoms with van der Waals surface area (Å²) in [6, 6.07) is 22.3. The molecule has 4 rings (SSSR count). The van der Waals surface area contributed by atoms with Crippen LogP contribution in [0.4, 0.5) is 5.69 Å². The Morgan fingerprint density at radius 2 is 1.75 bits per heavy atom. The van der Waals surface area contributed by atoms with Crippen LogP contribution < -0.4 is 10.1 Å². The highest BCUT2D eigenvalue weighted by molar-refractivity contribution is 7.18. The summed E-state index contributed by atoms with van der Waals surface area (Å²) in [5, 5.41) is 24.2. The molecule has 32 heavy (non-hydrogen) atoms.